The molecule has 1 aliphatic rings. The highest BCUT2D eigenvalue weighted by Crippen LogP contribution is 2.57. The molecule has 1 aliphatic carbocycles. The first-order chi connectivity index (χ1) is 16.5. The molecule has 0 saturated heterocycles. The Labute approximate surface area is 233 Å². The molecule has 0 aromatic heterocycles. The maximum absolute atomic E-state index is 3.77. The first kappa shape index (κ1) is 24.3. The molecule has 0 nitrogen and oxygen atoms in total. The Hall–Kier alpha value is -1.43. The van der Waals surface area contributed by atoms with Crippen LogP contribution in [0.15, 0.2) is 93.9 Å². The van der Waals surface area contributed by atoms with Gasteiger partial charge in [-0.1, -0.05) is 107 Å². The third-order valence-electron chi connectivity index (χ3n) is 7.04. The zero-order chi connectivity index (χ0) is 23.7. The SMILES string of the molecule is CCCCCCc1ccc(C2(c3ccc(I)cc3)c3cc(Br)ccc3-c3ccc(Br)cc32)cc1. The average molecular weight is 686 g/mol. The summed E-state index contributed by atoms with van der Waals surface area (Å²) in [4.78, 5) is 0. The summed E-state index contributed by atoms with van der Waals surface area (Å²) >= 11 is 9.95. The average Bonchev–Trinajstić information content (AvgIpc) is 3.12. The van der Waals surface area contributed by atoms with Gasteiger partial charge in [0.25, 0.3) is 0 Å². The second-order valence-electron chi connectivity index (χ2n) is 9.14. The van der Waals surface area contributed by atoms with Crippen LogP contribution >= 0.6 is 54.5 Å². The third-order valence-corrected chi connectivity index (χ3v) is 8.75. The first-order valence-corrected chi connectivity index (χ1v) is 14.7. The van der Waals surface area contributed by atoms with Gasteiger partial charge in [-0.3, -0.25) is 0 Å². The molecule has 0 atom stereocenters. The van der Waals surface area contributed by atoms with Gasteiger partial charge in [0, 0.05) is 12.5 Å². The van der Waals surface area contributed by atoms with Gasteiger partial charge in [-0.2, -0.15) is 0 Å². The normalized spacial score (nSPS) is 13.5. The fourth-order valence-corrected chi connectivity index (χ4v) is 6.52. The van der Waals surface area contributed by atoms with Crippen molar-refractivity contribution in [1.29, 1.82) is 0 Å². The Morgan fingerprint density at radius 1 is 0.647 bits per heavy atom. The minimum atomic E-state index is -0.358. The number of fused-ring (bicyclic) bond motifs is 3. The van der Waals surface area contributed by atoms with Crippen molar-refractivity contribution in [2.45, 2.75) is 44.4 Å². The summed E-state index contributed by atoms with van der Waals surface area (Å²) in [6.07, 6.45) is 6.34. The molecule has 0 saturated carbocycles. The molecule has 4 aromatic rings. The number of rotatable bonds is 7. The van der Waals surface area contributed by atoms with Gasteiger partial charge in [0.15, 0.2) is 0 Å². The topological polar surface area (TPSA) is 0 Å². The minimum Gasteiger partial charge on any atom is -0.0654 e. The van der Waals surface area contributed by atoms with Gasteiger partial charge in [0.05, 0.1) is 5.41 Å². The smallest absolute Gasteiger partial charge is 0.0654 e. The van der Waals surface area contributed by atoms with E-state index in [1.165, 1.54) is 68.2 Å². The summed E-state index contributed by atoms with van der Waals surface area (Å²) in [6, 6.07) is 32.0. The van der Waals surface area contributed by atoms with Crippen molar-refractivity contribution in [3.8, 4) is 11.1 Å². The Morgan fingerprint density at radius 2 is 1.18 bits per heavy atom. The van der Waals surface area contributed by atoms with E-state index >= 15 is 0 Å². The molecular formula is C31H27Br2I. The van der Waals surface area contributed by atoms with Gasteiger partial charge >= 0.3 is 0 Å². The Bertz CT molecular complexity index is 1260. The summed E-state index contributed by atoms with van der Waals surface area (Å²) in [5.74, 6) is 0. The number of halogens is 3. The largest absolute Gasteiger partial charge is 0.0714 e. The molecule has 172 valence electrons. The van der Waals surface area contributed by atoms with Crippen LogP contribution < -0.4 is 0 Å². The van der Waals surface area contributed by atoms with Crippen molar-refractivity contribution < 1.29 is 0 Å². The van der Waals surface area contributed by atoms with Crippen LogP contribution in [0.5, 0.6) is 0 Å². The van der Waals surface area contributed by atoms with Crippen LogP contribution in [-0.2, 0) is 11.8 Å². The lowest BCUT2D eigenvalue weighted by molar-refractivity contribution is 0.666. The van der Waals surface area contributed by atoms with Crippen LogP contribution in [0.3, 0.4) is 0 Å². The molecule has 0 aliphatic heterocycles. The van der Waals surface area contributed by atoms with E-state index in [-0.39, 0.29) is 5.41 Å². The molecule has 5 rings (SSSR count). The molecule has 0 fully saturated rings. The monoisotopic (exact) mass is 684 g/mol. The Morgan fingerprint density at radius 3 is 1.71 bits per heavy atom. The van der Waals surface area contributed by atoms with E-state index in [4.69, 9.17) is 0 Å². The van der Waals surface area contributed by atoms with Gasteiger partial charge in [-0.25, -0.2) is 0 Å². The summed E-state index contributed by atoms with van der Waals surface area (Å²) < 4.78 is 3.47. The second kappa shape index (κ2) is 10.3. The molecule has 0 N–H and O–H groups in total. The van der Waals surface area contributed by atoms with E-state index in [1.807, 2.05) is 0 Å². The van der Waals surface area contributed by atoms with Crippen molar-refractivity contribution >= 4 is 54.5 Å². The summed E-state index contributed by atoms with van der Waals surface area (Å²) in [7, 11) is 0. The second-order valence-corrected chi connectivity index (χ2v) is 12.2. The quantitative estimate of drug-likeness (QED) is 0.118. The van der Waals surface area contributed by atoms with Gasteiger partial charge in [0.2, 0.25) is 0 Å². The lowest BCUT2D eigenvalue weighted by Gasteiger charge is -2.34. The van der Waals surface area contributed by atoms with Crippen molar-refractivity contribution in [3.63, 3.8) is 0 Å². The molecule has 0 bridgehead atoms. The fourth-order valence-electron chi connectivity index (χ4n) is 5.43. The van der Waals surface area contributed by atoms with Crippen molar-refractivity contribution in [1.82, 2.24) is 0 Å². The fraction of sp³-hybridized carbons (Fsp3) is 0.226. The molecular weight excluding hydrogens is 659 g/mol. The highest BCUT2D eigenvalue weighted by molar-refractivity contribution is 14.1. The van der Waals surface area contributed by atoms with E-state index in [9.17, 15) is 0 Å². The van der Waals surface area contributed by atoms with Crippen LogP contribution in [0.4, 0.5) is 0 Å². The zero-order valence-electron chi connectivity index (χ0n) is 19.3. The Kier molecular flexibility index (Phi) is 7.34. The zero-order valence-corrected chi connectivity index (χ0v) is 24.6. The molecule has 0 heterocycles. The minimum absolute atomic E-state index is 0.358. The van der Waals surface area contributed by atoms with Gasteiger partial charge in [-0.15, -0.1) is 0 Å². The molecule has 0 unspecified atom stereocenters. The molecule has 0 amide bonds. The molecule has 0 spiro atoms. The van der Waals surface area contributed by atoms with E-state index in [0.717, 1.165) is 15.4 Å². The third kappa shape index (κ3) is 4.33. The number of unbranched alkanes of at least 4 members (excludes halogenated alkanes) is 3. The van der Waals surface area contributed by atoms with E-state index < -0.39 is 0 Å². The van der Waals surface area contributed by atoms with Crippen molar-refractivity contribution in [2.24, 2.45) is 0 Å². The van der Waals surface area contributed by atoms with Crippen LogP contribution in [0.25, 0.3) is 11.1 Å². The lowest BCUT2D eigenvalue weighted by Crippen LogP contribution is -2.28. The Balaban J connectivity index is 1.72. The maximum Gasteiger partial charge on any atom is 0.0714 e. The van der Waals surface area contributed by atoms with Crippen molar-refractivity contribution in [3.05, 3.63) is 125 Å². The molecule has 4 aromatic carbocycles. The highest BCUT2D eigenvalue weighted by Gasteiger charge is 2.46. The number of hydrogen-bond acceptors (Lipinski definition) is 0. The summed E-state index contributed by atoms with van der Waals surface area (Å²) in [6.45, 7) is 2.27. The first-order valence-electron chi connectivity index (χ1n) is 12.0. The van der Waals surface area contributed by atoms with E-state index in [0.29, 0.717) is 0 Å². The van der Waals surface area contributed by atoms with Gasteiger partial charge in [-0.05, 0) is 111 Å². The summed E-state index contributed by atoms with van der Waals surface area (Å²) in [5, 5.41) is 0. The predicted octanol–water partition coefficient (Wildman–Crippen LogP) is 10.3. The summed E-state index contributed by atoms with van der Waals surface area (Å²) in [5.41, 5.74) is 9.00. The van der Waals surface area contributed by atoms with Crippen LogP contribution in [0, 0.1) is 3.57 Å². The number of benzene rings is 4. The maximum atomic E-state index is 3.77. The van der Waals surface area contributed by atoms with Crippen LogP contribution in [0.1, 0.15) is 60.4 Å². The van der Waals surface area contributed by atoms with Crippen LogP contribution in [-0.4, -0.2) is 0 Å². The standard InChI is InChI=1S/C31H27Br2I/c1-2-3-4-5-6-21-7-9-22(10-8-21)31(23-11-15-26(34)16-12-23)29-19-24(32)13-17-27(29)28-18-14-25(33)20-30(28)31/h7-20H,2-6H2,1H3. The molecule has 34 heavy (non-hydrogen) atoms. The number of aryl methyl sites for hydroxylation is 1. The number of hydrogen-bond donors (Lipinski definition) is 0. The molecule has 3 heteroatoms. The van der Waals surface area contributed by atoms with Gasteiger partial charge in [0.1, 0.15) is 0 Å². The lowest BCUT2D eigenvalue weighted by atomic mass is 9.67. The molecule has 0 radical (unpaired) electrons. The predicted molar refractivity (Wildman–Crippen MR) is 160 cm³/mol. The highest BCUT2D eigenvalue weighted by atomic mass is 127. The van der Waals surface area contributed by atoms with Crippen LogP contribution in [0.2, 0.25) is 0 Å². The van der Waals surface area contributed by atoms with E-state index in [1.54, 1.807) is 0 Å². The van der Waals surface area contributed by atoms with Crippen molar-refractivity contribution in [2.75, 3.05) is 0 Å². The van der Waals surface area contributed by atoms with Gasteiger partial charge < -0.3 is 0 Å². The van der Waals surface area contributed by atoms with E-state index in [2.05, 4.69) is 146 Å².